The lowest BCUT2D eigenvalue weighted by atomic mass is 9.86. The number of anilines is 2. The third-order valence-electron chi connectivity index (χ3n) is 7.28. The monoisotopic (exact) mass is 524 g/mol. The Morgan fingerprint density at radius 1 is 0.842 bits per heavy atom. The third kappa shape index (κ3) is 6.40. The fraction of sp³-hybridized carbons (Fsp3) is 0.323. The molecule has 1 heterocycles. The van der Waals surface area contributed by atoms with Crippen LogP contribution < -0.4 is 20.9 Å². The van der Waals surface area contributed by atoms with Gasteiger partial charge in [0, 0.05) is 32.1 Å². The first-order valence-electron chi connectivity index (χ1n) is 13.4. The number of rotatable bonds is 8. The summed E-state index contributed by atoms with van der Waals surface area (Å²) in [4.78, 5) is 11.6. The van der Waals surface area contributed by atoms with Gasteiger partial charge in [-0.3, -0.25) is 0 Å². The molecule has 0 bridgehead atoms. The van der Waals surface area contributed by atoms with Crippen molar-refractivity contribution in [1.29, 1.82) is 0 Å². The second kappa shape index (κ2) is 12.2. The van der Waals surface area contributed by atoms with Crippen LogP contribution in [-0.2, 0) is 0 Å². The van der Waals surface area contributed by atoms with Gasteiger partial charge in [0.2, 0.25) is 5.95 Å². The van der Waals surface area contributed by atoms with Crippen LogP contribution in [0, 0.1) is 5.92 Å². The minimum absolute atomic E-state index is 0.0198. The molecule has 5 rings (SSSR count). The fourth-order valence-electron chi connectivity index (χ4n) is 5.23. The number of benzene rings is 3. The van der Waals surface area contributed by atoms with Gasteiger partial charge >= 0.3 is 0 Å². The normalized spacial score (nSPS) is 17.2. The number of thiocarbonyl (C=S) groups is 1. The van der Waals surface area contributed by atoms with Gasteiger partial charge in [-0.25, -0.2) is 4.98 Å². The van der Waals surface area contributed by atoms with Crippen LogP contribution in [0.4, 0.5) is 11.8 Å². The van der Waals surface area contributed by atoms with E-state index in [0.717, 1.165) is 48.9 Å². The molecule has 0 spiro atoms. The predicted molar refractivity (Wildman–Crippen MR) is 162 cm³/mol. The van der Waals surface area contributed by atoms with E-state index in [9.17, 15) is 0 Å². The summed E-state index contributed by atoms with van der Waals surface area (Å²) in [5.41, 5.74) is 3.36. The van der Waals surface area contributed by atoms with Gasteiger partial charge in [-0.2, -0.15) is 4.98 Å². The lowest BCUT2D eigenvalue weighted by molar-refractivity contribution is 0.335. The first kappa shape index (κ1) is 25.9. The summed E-state index contributed by atoms with van der Waals surface area (Å²) in [6.45, 7) is 0.881. The molecular formula is C31H36N6S. The molecule has 1 aliphatic carbocycles. The summed E-state index contributed by atoms with van der Waals surface area (Å²) in [6.07, 6.45) is 4.47. The van der Waals surface area contributed by atoms with Crippen molar-refractivity contribution in [1.82, 2.24) is 20.6 Å². The molecular weight excluding hydrogens is 488 g/mol. The summed E-state index contributed by atoms with van der Waals surface area (Å²) in [5, 5.41) is 12.4. The van der Waals surface area contributed by atoms with Crippen LogP contribution in [0.1, 0.15) is 42.9 Å². The molecule has 1 fully saturated rings. The van der Waals surface area contributed by atoms with E-state index in [1.165, 1.54) is 11.1 Å². The Morgan fingerprint density at radius 3 is 2.08 bits per heavy atom. The number of nitrogens with one attached hydrogen (secondary N) is 3. The van der Waals surface area contributed by atoms with Gasteiger partial charge in [-0.1, -0.05) is 72.8 Å². The summed E-state index contributed by atoms with van der Waals surface area (Å²) in [6, 6.07) is 29.5. The van der Waals surface area contributed by atoms with Crippen LogP contribution in [0.25, 0.3) is 10.9 Å². The van der Waals surface area contributed by atoms with Crippen molar-refractivity contribution in [3.05, 3.63) is 96.1 Å². The molecule has 3 N–H and O–H groups in total. The van der Waals surface area contributed by atoms with Crippen molar-refractivity contribution in [2.75, 3.05) is 30.9 Å². The summed E-state index contributed by atoms with van der Waals surface area (Å²) in [5.74, 6) is 2.25. The number of para-hydroxylation sites is 1. The average molecular weight is 525 g/mol. The Bertz CT molecular complexity index is 1300. The summed E-state index contributed by atoms with van der Waals surface area (Å²) >= 11 is 5.73. The largest absolute Gasteiger partial charge is 0.362 e. The average Bonchev–Trinajstić information content (AvgIpc) is 2.96. The Kier molecular flexibility index (Phi) is 8.34. The molecule has 3 aromatic carbocycles. The van der Waals surface area contributed by atoms with Gasteiger partial charge in [-0.05, 0) is 67.1 Å². The van der Waals surface area contributed by atoms with Gasteiger partial charge in [0.1, 0.15) is 5.82 Å². The van der Waals surface area contributed by atoms with E-state index in [2.05, 4.69) is 81.5 Å². The predicted octanol–water partition coefficient (Wildman–Crippen LogP) is 5.92. The number of fused-ring (bicyclic) bond motifs is 1. The highest BCUT2D eigenvalue weighted by Crippen LogP contribution is 2.28. The van der Waals surface area contributed by atoms with Gasteiger partial charge in [-0.15, -0.1) is 0 Å². The first-order valence-corrected chi connectivity index (χ1v) is 13.8. The smallest absolute Gasteiger partial charge is 0.225 e. The highest BCUT2D eigenvalue weighted by molar-refractivity contribution is 7.80. The zero-order valence-corrected chi connectivity index (χ0v) is 22.9. The summed E-state index contributed by atoms with van der Waals surface area (Å²) < 4.78 is 0. The quantitative estimate of drug-likeness (QED) is 0.247. The summed E-state index contributed by atoms with van der Waals surface area (Å²) in [7, 11) is 4.05. The molecule has 0 radical (unpaired) electrons. The van der Waals surface area contributed by atoms with Gasteiger partial charge in [0.25, 0.3) is 0 Å². The molecule has 0 amide bonds. The molecule has 7 heteroatoms. The van der Waals surface area contributed by atoms with Crippen molar-refractivity contribution < 1.29 is 0 Å². The van der Waals surface area contributed by atoms with Gasteiger partial charge in [0.15, 0.2) is 5.11 Å². The van der Waals surface area contributed by atoms with Crippen LogP contribution in [0.2, 0.25) is 0 Å². The fourth-order valence-corrected chi connectivity index (χ4v) is 5.43. The molecule has 1 aliphatic rings. The number of hydrogen-bond acceptors (Lipinski definition) is 5. The second-order valence-corrected chi connectivity index (χ2v) is 10.7. The SMILES string of the molecule is CN(C)c1nc(NC2CCC(CNC(=S)NC(c3ccccc3)c3ccccc3)CC2)nc2ccccc12. The highest BCUT2D eigenvalue weighted by Gasteiger charge is 2.23. The zero-order valence-electron chi connectivity index (χ0n) is 22.1. The maximum atomic E-state index is 5.73. The van der Waals surface area contributed by atoms with Crippen LogP contribution in [-0.4, -0.2) is 41.8 Å². The van der Waals surface area contributed by atoms with Crippen molar-refractivity contribution in [3.63, 3.8) is 0 Å². The molecule has 0 aliphatic heterocycles. The van der Waals surface area contributed by atoms with Crippen LogP contribution in [0.3, 0.4) is 0 Å². The van der Waals surface area contributed by atoms with E-state index in [-0.39, 0.29) is 6.04 Å². The van der Waals surface area contributed by atoms with Crippen LogP contribution in [0.5, 0.6) is 0 Å². The van der Waals surface area contributed by atoms with Gasteiger partial charge < -0.3 is 20.9 Å². The van der Waals surface area contributed by atoms with E-state index in [4.69, 9.17) is 22.2 Å². The molecule has 0 unspecified atom stereocenters. The maximum absolute atomic E-state index is 5.73. The standard InChI is InChI=1S/C31H36N6S/c1-37(2)29-26-15-9-10-16-27(26)34-30(36-29)33-25-19-17-22(18-20-25)21-32-31(38)35-28(23-11-5-3-6-12-23)24-13-7-4-8-14-24/h3-16,22,25,28H,17-21H2,1-2H3,(H2,32,35,38)(H,33,34,36). The Morgan fingerprint density at radius 2 is 1.45 bits per heavy atom. The molecule has 38 heavy (non-hydrogen) atoms. The van der Waals surface area contributed by atoms with Crippen LogP contribution in [0.15, 0.2) is 84.9 Å². The van der Waals surface area contributed by atoms with Crippen molar-refractivity contribution in [3.8, 4) is 0 Å². The first-order chi connectivity index (χ1) is 18.6. The minimum Gasteiger partial charge on any atom is -0.362 e. The Balaban J connectivity index is 1.14. The molecule has 0 saturated heterocycles. The van der Waals surface area contributed by atoms with E-state index >= 15 is 0 Å². The molecule has 4 aromatic rings. The lowest BCUT2D eigenvalue weighted by Gasteiger charge is -2.30. The Labute approximate surface area is 230 Å². The maximum Gasteiger partial charge on any atom is 0.225 e. The highest BCUT2D eigenvalue weighted by atomic mass is 32.1. The number of nitrogens with zero attached hydrogens (tertiary/aromatic N) is 3. The van der Waals surface area contributed by atoms with E-state index < -0.39 is 0 Å². The van der Waals surface area contributed by atoms with Crippen LogP contribution >= 0.6 is 12.2 Å². The van der Waals surface area contributed by atoms with E-state index in [1.54, 1.807) is 0 Å². The molecule has 1 aromatic heterocycles. The molecule has 0 atom stereocenters. The van der Waals surface area contributed by atoms with E-state index in [1.807, 2.05) is 38.4 Å². The molecule has 1 saturated carbocycles. The third-order valence-corrected chi connectivity index (χ3v) is 7.54. The second-order valence-electron chi connectivity index (χ2n) is 10.3. The Hall–Kier alpha value is -3.71. The molecule has 6 nitrogen and oxygen atoms in total. The zero-order chi connectivity index (χ0) is 26.3. The van der Waals surface area contributed by atoms with E-state index in [0.29, 0.717) is 23.0 Å². The minimum atomic E-state index is 0.0198. The van der Waals surface area contributed by atoms with Gasteiger partial charge in [0.05, 0.1) is 11.6 Å². The van der Waals surface area contributed by atoms with Crippen molar-refractivity contribution >= 4 is 40.0 Å². The number of hydrogen-bond donors (Lipinski definition) is 3. The topological polar surface area (TPSA) is 65.1 Å². The van der Waals surface area contributed by atoms with Crippen molar-refractivity contribution in [2.45, 2.75) is 37.8 Å². The number of aromatic nitrogens is 2. The van der Waals surface area contributed by atoms with Crippen molar-refractivity contribution in [2.24, 2.45) is 5.92 Å². The lowest BCUT2D eigenvalue weighted by Crippen LogP contribution is -2.41. The molecule has 196 valence electrons.